The van der Waals surface area contributed by atoms with Crippen molar-refractivity contribution in [2.24, 2.45) is 27.6 Å². The molecule has 0 radical (unpaired) electrons. The van der Waals surface area contributed by atoms with E-state index in [1.807, 2.05) is 71.8 Å². The van der Waals surface area contributed by atoms with E-state index < -0.39 is 81.2 Å². The Morgan fingerprint density at radius 3 is 1.96 bits per heavy atom. The molecule has 2 N–H and O–H groups in total. The highest BCUT2D eigenvalue weighted by Crippen LogP contribution is 2.52. The predicted molar refractivity (Wildman–Crippen MR) is 308 cm³/mol. The molecule has 456 valence electrons. The van der Waals surface area contributed by atoms with Gasteiger partial charge in [0.1, 0.15) is 44.3 Å². The summed E-state index contributed by atoms with van der Waals surface area (Å²) in [6.45, 7) is 21.9. The molecule has 0 spiro atoms. The van der Waals surface area contributed by atoms with Gasteiger partial charge in [0.2, 0.25) is 5.91 Å². The molecule has 80 heavy (non-hydrogen) atoms. The van der Waals surface area contributed by atoms with Gasteiger partial charge < -0.3 is 58.0 Å². The number of rotatable bonds is 41. The van der Waals surface area contributed by atoms with Crippen molar-refractivity contribution in [2.75, 3.05) is 85.9 Å². The maximum absolute atomic E-state index is 14.6. The number of nitrogens with zero attached hydrogens (tertiary/aromatic N) is 2. The molecule has 1 aromatic rings. The van der Waals surface area contributed by atoms with Crippen molar-refractivity contribution in [3.05, 3.63) is 24.4 Å². The first-order valence-corrected chi connectivity index (χ1v) is 30.6. The molecule has 0 aliphatic carbocycles. The number of nitrogens with one attached hydrogen (secondary N) is 1. The molecule has 1 aliphatic rings. The predicted octanol–water partition coefficient (Wildman–Crippen LogP) is 8.14. The molecule has 1 saturated heterocycles. The SMILES string of the molecule is CCCCOC(=O)C(C)(CC(C)(CBC(C)(CC)C(=O)OCCOCCOCCO[C@@H]1O[C@H](CC)[C@H](C)[C@H](OC(C)=O)[C@H]1NC(C)=O)C(=O)OCCN(C)C)CC(CCC)(CC(C)(C)C(=O)OCCSSc1ccccn1)C(=O)O. The van der Waals surface area contributed by atoms with Crippen molar-refractivity contribution >= 4 is 70.6 Å². The molecule has 2 heterocycles. The van der Waals surface area contributed by atoms with Crippen LogP contribution >= 0.6 is 21.6 Å². The lowest BCUT2D eigenvalue weighted by Gasteiger charge is -2.44. The summed E-state index contributed by atoms with van der Waals surface area (Å²) in [5.74, 6) is -4.04. The zero-order valence-electron chi connectivity index (χ0n) is 50.4. The van der Waals surface area contributed by atoms with Gasteiger partial charge in [0.25, 0.3) is 0 Å². The molecule has 1 fully saturated rings. The lowest BCUT2D eigenvalue weighted by molar-refractivity contribution is -0.255. The highest BCUT2D eigenvalue weighted by molar-refractivity contribution is 8.76. The van der Waals surface area contributed by atoms with Crippen LogP contribution in [-0.4, -0.2) is 174 Å². The molecule has 9 atom stereocenters. The normalized spacial score (nSPS) is 20.4. The first kappa shape index (κ1) is 72.1. The number of carbonyl (C=O) groups is 7. The Hall–Kier alpha value is -4.00. The van der Waals surface area contributed by atoms with Crippen LogP contribution in [0.5, 0.6) is 0 Å². The third-order valence-corrected chi connectivity index (χ3v) is 16.9. The van der Waals surface area contributed by atoms with Crippen molar-refractivity contribution in [1.29, 1.82) is 0 Å². The van der Waals surface area contributed by atoms with Crippen LogP contribution in [0.1, 0.15) is 141 Å². The molecule has 2 rings (SSSR count). The zero-order chi connectivity index (χ0) is 60.2. The van der Waals surface area contributed by atoms with Crippen molar-refractivity contribution in [3.63, 3.8) is 0 Å². The molecule has 0 bridgehead atoms. The van der Waals surface area contributed by atoms with E-state index in [4.69, 9.17) is 42.6 Å². The Kier molecular flexibility index (Phi) is 32.3. The number of aromatic nitrogens is 1. The van der Waals surface area contributed by atoms with E-state index in [0.29, 0.717) is 38.0 Å². The Morgan fingerprint density at radius 1 is 0.762 bits per heavy atom. The average molecular weight is 1170 g/mol. The number of carbonyl (C=O) groups excluding carboxylic acids is 6. The van der Waals surface area contributed by atoms with Crippen molar-refractivity contribution in [1.82, 2.24) is 15.2 Å². The van der Waals surface area contributed by atoms with E-state index in [1.54, 1.807) is 40.8 Å². The maximum Gasteiger partial charge on any atom is 0.311 e. The molecule has 4 unspecified atom stereocenters. The minimum absolute atomic E-state index is 0.0462. The molecule has 1 aliphatic heterocycles. The third-order valence-electron chi connectivity index (χ3n) is 14.7. The summed E-state index contributed by atoms with van der Waals surface area (Å²) in [6.07, 6.45) is 2.19. The fraction of sp³-hybridized carbons (Fsp3) is 0.789. The zero-order valence-corrected chi connectivity index (χ0v) is 52.1. The van der Waals surface area contributed by atoms with Crippen molar-refractivity contribution in [3.8, 4) is 0 Å². The van der Waals surface area contributed by atoms with Crippen LogP contribution in [0.3, 0.4) is 0 Å². The molecule has 1 aromatic heterocycles. The minimum atomic E-state index is -1.64. The molecule has 23 heteroatoms. The average Bonchev–Trinajstić information content (AvgIpc) is 3.43. The topological polar surface area (TPSA) is 251 Å². The van der Waals surface area contributed by atoms with Gasteiger partial charge in [0.05, 0.1) is 67.4 Å². The summed E-state index contributed by atoms with van der Waals surface area (Å²) in [5, 5.41) is 13.8. The maximum atomic E-state index is 14.6. The largest absolute Gasteiger partial charge is 0.481 e. The van der Waals surface area contributed by atoms with E-state index in [1.165, 1.54) is 35.4 Å². The first-order chi connectivity index (χ1) is 37.7. The second-order valence-corrected chi connectivity index (χ2v) is 25.2. The summed E-state index contributed by atoms with van der Waals surface area (Å²) in [6, 6.07) is 4.88. The second-order valence-electron chi connectivity index (χ2n) is 22.8. The number of esters is 5. The van der Waals surface area contributed by atoms with Crippen molar-refractivity contribution in [2.45, 2.75) is 182 Å². The van der Waals surface area contributed by atoms with Gasteiger partial charge in [0, 0.05) is 43.6 Å². The number of carboxylic acid groups (broad SMARTS) is 1. The highest BCUT2D eigenvalue weighted by Gasteiger charge is 2.55. The Bertz CT molecular complexity index is 2080. The van der Waals surface area contributed by atoms with Gasteiger partial charge in [0.15, 0.2) is 6.29 Å². The first-order valence-electron chi connectivity index (χ1n) is 28.3. The highest BCUT2D eigenvalue weighted by atomic mass is 33.1. The van der Waals surface area contributed by atoms with Gasteiger partial charge in [-0.25, -0.2) is 4.98 Å². The fourth-order valence-corrected chi connectivity index (χ4v) is 11.8. The van der Waals surface area contributed by atoms with Gasteiger partial charge in [-0.2, -0.15) is 0 Å². The third kappa shape index (κ3) is 24.1. The number of amides is 1. The van der Waals surface area contributed by atoms with Crippen molar-refractivity contribution < 1.29 is 81.3 Å². The van der Waals surface area contributed by atoms with Crippen LogP contribution in [0, 0.1) is 27.6 Å². The monoisotopic (exact) mass is 1170 g/mol. The summed E-state index contributed by atoms with van der Waals surface area (Å²) >= 11 is 0. The molecular weight excluding hydrogens is 1070 g/mol. The molecule has 1 amide bonds. The summed E-state index contributed by atoms with van der Waals surface area (Å²) in [4.78, 5) is 101. The van der Waals surface area contributed by atoms with E-state index >= 15 is 0 Å². The summed E-state index contributed by atoms with van der Waals surface area (Å²) in [5.41, 5.74) is -5.97. The summed E-state index contributed by atoms with van der Waals surface area (Å²) < 4.78 is 52.5. The fourth-order valence-electron chi connectivity index (χ4n) is 10.1. The van der Waals surface area contributed by atoms with E-state index in [-0.39, 0.29) is 117 Å². The number of hydrogen-bond acceptors (Lipinski definition) is 20. The van der Waals surface area contributed by atoms with Gasteiger partial charge in [-0.1, -0.05) is 77.6 Å². The van der Waals surface area contributed by atoms with E-state index in [0.717, 1.165) is 11.4 Å². The van der Waals surface area contributed by atoms with Crippen LogP contribution in [0.4, 0.5) is 0 Å². The van der Waals surface area contributed by atoms with Crippen LogP contribution in [0.15, 0.2) is 29.4 Å². The van der Waals surface area contributed by atoms with Gasteiger partial charge in [-0.15, -0.1) is 0 Å². The van der Waals surface area contributed by atoms with Gasteiger partial charge >= 0.3 is 35.8 Å². The lowest BCUT2D eigenvalue weighted by atomic mass is 9.45. The van der Waals surface area contributed by atoms with Gasteiger partial charge in [-0.05, 0) is 110 Å². The molecular formula is C57H96BN3O17S2. The van der Waals surface area contributed by atoms with E-state index in [2.05, 4.69) is 10.3 Å². The van der Waals surface area contributed by atoms with E-state index in [9.17, 15) is 38.7 Å². The Morgan fingerprint density at radius 2 is 1.39 bits per heavy atom. The number of ether oxygens (including phenoxy) is 9. The number of pyridine rings is 1. The minimum Gasteiger partial charge on any atom is -0.481 e. The standard InChI is InChI=1S/C57H96BN3O17S2/c1-15-19-26-73-50(67)54(10,38-57(23-16-2,48(64)65)36-53(8,9)49(66)76-34-35-79-80-44-22-20-21-24-59-44)37-55(11,51(68)74-27-25-61(13)14)39-58-56(12,18-4)52(69)75-33-31-71-29-28-70-30-32-72-47-45(60-41(6)62)46(77-42(7)63)40(5)43(17-3)78-47/h20-22,24,40,43,45-47,58H,15-19,23,25-39H2,1-14H3,(H,60,62)(H,64,65)/t40-,43+,45+,46-,47+,54?,55?,56?,57?/m0/s1. The van der Waals surface area contributed by atoms with Crippen LogP contribution in [0.2, 0.25) is 11.6 Å². The quantitative estimate of drug-likeness (QED) is 0.0206. The summed E-state index contributed by atoms with van der Waals surface area (Å²) in [7, 11) is 6.77. The van der Waals surface area contributed by atoms with Gasteiger partial charge in [-0.3, -0.25) is 33.6 Å². The number of likely N-dealkylation sites (N-methyl/N-ethyl adjacent to an activating group) is 1. The molecule has 20 nitrogen and oxygen atoms in total. The number of aliphatic carboxylic acids is 1. The second kappa shape index (κ2) is 35.9. The lowest BCUT2D eigenvalue weighted by Crippen LogP contribution is -2.62. The number of unbranched alkanes of at least 4 members (excludes halogenated alkanes) is 1. The smallest absolute Gasteiger partial charge is 0.311 e. The van der Waals surface area contributed by atoms with Crippen LogP contribution < -0.4 is 5.32 Å². The Balaban J connectivity index is 2.23. The van der Waals surface area contributed by atoms with Crippen LogP contribution in [-0.2, 0) is 76.2 Å². The molecule has 0 saturated carbocycles. The molecule has 0 aromatic carbocycles. The Labute approximate surface area is 485 Å². The number of carboxylic acids is 1. The number of hydrogen-bond donors (Lipinski definition) is 2. The van der Waals surface area contributed by atoms with Crippen LogP contribution in [0.25, 0.3) is 0 Å².